The lowest BCUT2D eigenvalue weighted by atomic mass is 9.92. The van der Waals surface area contributed by atoms with Gasteiger partial charge in [-0.3, -0.25) is 0 Å². The first-order chi connectivity index (χ1) is 9.90. The van der Waals surface area contributed by atoms with Gasteiger partial charge in [-0.2, -0.15) is 0 Å². The number of rotatable bonds is 4. The Bertz CT molecular complexity index is 606. The molecule has 0 radical (unpaired) electrons. The maximum absolute atomic E-state index is 6.30. The Morgan fingerprint density at radius 2 is 1.48 bits per heavy atom. The van der Waals surface area contributed by atoms with E-state index in [2.05, 4.69) is 27.7 Å². The van der Waals surface area contributed by atoms with Crippen LogP contribution < -0.4 is 10.5 Å². The van der Waals surface area contributed by atoms with E-state index in [-0.39, 0.29) is 0 Å². The van der Waals surface area contributed by atoms with Crippen molar-refractivity contribution in [3.63, 3.8) is 0 Å². The van der Waals surface area contributed by atoms with E-state index in [1.807, 2.05) is 36.4 Å². The van der Waals surface area contributed by atoms with Crippen LogP contribution in [0.1, 0.15) is 50.7 Å². The van der Waals surface area contributed by atoms with E-state index in [1.54, 1.807) is 0 Å². The normalized spacial score (nSPS) is 11.2. The number of nitrogen functional groups attached to an aromatic ring is 1. The topological polar surface area (TPSA) is 35.2 Å². The minimum absolute atomic E-state index is 0.345. The first kappa shape index (κ1) is 15.7. The molecule has 0 aliphatic carbocycles. The first-order valence-electron chi connectivity index (χ1n) is 7.25. The van der Waals surface area contributed by atoms with Gasteiger partial charge in [0.25, 0.3) is 0 Å². The summed E-state index contributed by atoms with van der Waals surface area (Å²) in [5.74, 6) is 2.13. The monoisotopic (exact) mass is 303 g/mol. The Hall–Kier alpha value is -1.67. The fraction of sp³-hybridized carbons (Fsp3) is 0.333. The molecule has 0 saturated carbocycles. The van der Waals surface area contributed by atoms with Crippen molar-refractivity contribution >= 4 is 17.3 Å². The number of hydrogen-bond donors (Lipinski definition) is 1. The molecule has 0 bridgehead atoms. The maximum Gasteiger partial charge on any atom is 0.146 e. The molecule has 3 heteroatoms. The maximum atomic E-state index is 6.30. The summed E-state index contributed by atoms with van der Waals surface area (Å²) in [5.41, 5.74) is 9.39. The van der Waals surface area contributed by atoms with Gasteiger partial charge in [0.15, 0.2) is 0 Å². The summed E-state index contributed by atoms with van der Waals surface area (Å²) in [6, 6.07) is 11.5. The Labute approximate surface area is 131 Å². The molecular weight excluding hydrogens is 282 g/mol. The zero-order valence-electron chi connectivity index (χ0n) is 13.0. The summed E-state index contributed by atoms with van der Waals surface area (Å²) in [7, 11) is 0. The number of halogens is 1. The van der Waals surface area contributed by atoms with Gasteiger partial charge >= 0.3 is 0 Å². The third kappa shape index (κ3) is 3.51. The quantitative estimate of drug-likeness (QED) is 0.707. The summed E-state index contributed by atoms with van der Waals surface area (Å²) in [6.45, 7) is 8.54. The second-order valence-electron chi connectivity index (χ2n) is 5.86. The third-order valence-electron chi connectivity index (χ3n) is 3.53. The lowest BCUT2D eigenvalue weighted by Crippen LogP contribution is -2.04. The standard InChI is InChI=1S/C18H22ClNO/c1-11(2)14-9-13(10-15(12(3)4)18(14)20)21-17-8-6-5-7-16(17)19/h5-12H,20H2,1-4H3. The Kier molecular flexibility index (Phi) is 4.79. The molecule has 2 aromatic carbocycles. The second kappa shape index (κ2) is 6.40. The highest BCUT2D eigenvalue weighted by atomic mass is 35.5. The van der Waals surface area contributed by atoms with Crippen LogP contribution in [0.25, 0.3) is 0 Å². The van der Waals surface area contributed by atoms with Crippen LogP contribution in [0, 0.1) is 0 Å². The van der Waals surface area contributed by atoms with E-state index in [0.717, 1.165) is 22.6 Å². The molecule has 0 fully saturated rings. The van der Waals surface area contributed by atoms with E-state index in [4.69, 9.17) is 22.1 Å². The number of ether oxygens (including phenoxy) is 1. The number of nitrogens with two attached hydrogens (primary N) is 1. The fourth-order valence-corrected chi connectivity index (χ4v) is 2.51. The van der Waals surface area contributed by atoms with Gasteiger partial charge in [-0.05, 0) is 47.2 Å². The Balaban J connectivity index is 2.47. The van der Waals surface area contributed by atoms with Gasteiger partial charge in [0, 0.05) is 5.69 Å². The summed E-state index contributed by atoms with van der Waals surface area (Å²) < 4.78 is 5.96. The summed E-state index contributed by atoms with van der Waals surface area (Å²) in [4.78, 5) is 0. The van der Waals surface area contributed by atoms with Crippen molar-refractivity contribution in [3.8, 4) is 11.5 Å². The minimum atomic E-state index is 0.345. The minimum Gasteiger partial charge on any atom is -0.456 e. The number of benzene rings is 2. The van der Waals surface area contributed by atoms with Gasteiger partial charge in [0.05, 0.1) is 5.02 Å². The van der Waals surface area contributed by atoms with Gasteiger partial charge in [-0.25, -0.2) is 0 Å². The van der Waals surface area contributed by atoms with Crippen LogP contribution in [0.15, 0.2) is 36.4 Å². The summed E-state index contributed by atoms with van der Waals surface area (Å²) in [5, 5.41) is 0.603. The molecule has 0 saturated heterocycles. The van der Waals surface area contributed by atoms with Gasteiger partial charge in [0.1, 0.15) is 11.5 Å². The average molecular weight is 304 g/mol. The highest BCUT2D eigenvalue weighted by molar-refractivity contribution is 6.32. The lowest BCUT2D eigenvalue weighted by Gasteiger charge is -2.19. The fourth-order valence-electron chi connectivity index (χ4n) is 2.34. The predicted molar refractivity (Wildman–Crippen MR) is 90.6 cm³/mol. The number of para-hydroxylation sites is 1. The molecule has 0 aliphatic heterocycles. The van der Waals surface area contributed by atoms with Gasteiger partial charge in [-0.1, -0.05) is 51.4 Å². The molecule has 0 spiro atoms. The first-order valence-corrected chi connectivity index (χ1v) is 7.63. The van der Waals surface area contributed by atoms with Crippen molar-refractivity contribution in [3.05, 3.63) is 52.5 Å². The molecule has 2 N–H and O–H groups in total. The predicted octanol–water partition coefficient (Wildman–Crippen LogP) is 5.96. The van der Waals surface area contributed by atoms with Crippen LogP contribution in [0.5, 0.6) is 11.5 Å². The Morgan fingerprint density at radius 1 is 0.952 bits per heavy atom. The zero-order chi connectivity index (χ0) is 15.6. The van der Waals surface area contributed by atoms with Crippen LogP contribution in [0.2, 0.25) is 5.02 Å². The SMILES string of the molecule is CC(C)c1cc(Oc2ccccc2Cl)cc(C(C)C)c1N. The lowest BCUT2D eigenvalue weighted by molar-refractivity contribution is 0.481. The van der Waals surface area contributed by atoms with Crippen molar-refractivity contribution in [2.24, 2.45) is 0 Å². The molecule has 0 heterocycles. The summed E-state index contributed by atoms with van der Waals surface area (Å²) >= 11 is 6.16. The smallest absolute Gasteiger partial charge is 0.146 e. The summed E-state index contributed by atoms with van der Waals surface area (Å²) in [6.07, 6.45) is 0. The molecule has 2 nitrogen and oxygen atoms in total. The molecule has 0 unspecified atom stereocenters. The molecule has 2 rings (SSSR count). The van der Waals surface area contributed by atoms with E-state index in [9.17, 15) is 0 Å². The van der Waals surface area contributed by atoms with Gasteiger partial charge < -0.3 is 10.5 Å². The van der Waals surface area contributed by atoms with Crippen molar-refractivity contribution in [1.29, 1.82) is 0 Å². The van der Waals surface area contributed by atoms with E-state index >= 15 is 0 Å². The van der Waals surface area contributed by atoms with Crippen molar-refractivity contribution in [2.45, 2.75) is 39.5 Å². The van der Waals surface area contributed by atoms with Gasteiger partial charge in [-0.15, -0.1) is 0 Å². The van der Waals surface area contributed by atoms with E-state index in [0.29, 0.717) is 22.6 Å². The zero-order valence-corrected chi connectivity index (χ0v) is 13.7. The molecule has 0 aromatic heterocycles. The molecule has 0 atom stereocenters. The van der Waals surface area contributed by atoms with Crippen molar-refractivity contribution < 1.29 is 4.74 Å². The number of anilines is 1. The molecule has 21 heavy (non-hydrogen) atoms. The highest BCUT2D eigenvalue weighted by Gasteiger charge is 2.15. The van der Waals surface area contributed by atoms with E-state index < -0.39 is 0 Å². The molecule has 0 aliphatic rings. The van der Waals surface area contributed by atoms with Crippen LogP contribution in [-0.4, -0.2) is 0 Å². The average Bonchev–Trinajstić information content (AvgIpc) is 2.42. The molecular formula is C18H22ClNO. The Morgan fingerprint density at radius 3 is 1.95 bits per heavy atom. The van der Waals surface area contributed by atoms with Gasteiger partial charge in [0.2, 0.25) is 0 Å². The number of hydrogen-bond acceptors (Lipinski definition) is 2. The van der Waals surface area contributed by atoms with Crippen molar-refractivity contribution in [1.82, 2.24) is 0 Å². The van der Waals surface area contributed by atoms with Crippen LogP contribution in [0.3, 0.4) is 0 Å². The highest BCUT2D eigenvalue weighted by Crippen LogP contribution is 2.37. The molecule has 112 valence electrons. The third-order valence-corrected chi connectivity index (χ3v) is 3.84. The molecule has 2 aromatic rings. The largest absolute Gasteiger partial charge is 0.456 e. The van der Waals surface area contributed by atoms with Crippen LogP contribution in [-0.2, 0) is 0 Å². The van der Waals surface area contributed by atoms with E-state index in [1.165, 1.54) is 0 Å². The van der Waals surface area contributed by atoms with Crippen LogP contribution >= 0.6 is 11.6 Å². The molecule has 0 amide bonds. The van der Waals surface area contributed by atoms with Crippen LogP contribution in [0.4, 0.5) is 5.69 Å². The van der Waals surface area contributed by atoms with Crippen molar-refractivity contribution in [2.75, 3.05) is 5.73 Å². The second-order valence-corrected chi connectivity index (χ2v) is 6.26.